The molecule has 5 aromatic rings. The number of nitrogens with one attached hydrogen (secondary N) is 1. The van der Waals surface area contributed by atoms with Crippen molar-refractivity contribution in [3.8, 4) is 5.69 Å². The number of pyridine rings is 1. The summed E-state index contributed by atoms with van der Waals surface area (Å²) in [5, 5.41) is 5.43. The van der Waals surface area contributed by atoms with Gasteiger partial charge in [-0.3, -0.25) is 9.59 Å². The van der Waals surface area contributed by atoms with Crippen molar-refractivity contribution in [3.63, 3.8) is 0 Å². The quantitative estimate of drug-likeness (QED) is 0.212. The minimum absolute atomic E-state index is 0.0323. The Bertz CT molecular complexity index is 1640. The van der Waals surface area contributed by atoms with E-state index >= 15 is 0 Å². The maximum atomic E-state index is 12.9. The van der Waals surface area contributed by atoms with E-state index in [9.17, 15) is 9.59 Å². The van der Waals surface area contributed by atoms with Crippen LogP contribution in [-0.4, -0.2) is 21.3 Å². The molecule has 0 fully saturated rings. The van der Waals surface area contributed by atoms with Gasteiger partial charge in [0.05, 0.1) is 22.9 Å². The van der Waals surface area contributed by atoms with Gasteiger partial charge >= 0.3 is 0 Å². The van der Waals surface area contributed by atoms with Gasteiger partial charge in [0.25, 0.3) is 5.91 Å². The van der Waals surface area contributed by atoms with E-state index in [1.807, 2.05) is 41.0 Å². The zero-order valence-electron chi connectivity index (χ0n) is 20.9. The first-order valence-corrected chi connectivity index (χ1v) is 11.9. The van der Waals surface area contributed by atoms with Crippen LogP contribution in [0.15, 0.2) is 82.7 Å². The van der Waals surface area contributed by atoms with Crippen molar-refractivity contribution in [2.75, 3.05) is 0 Å². The van der Waals surface area contributed by atoms with Crippen LogP contribution in [0.25, 0.3) is 27.5 Å². The Morgan fingerprint density at radius 3 is 2.06 bits per heavy atom. The van der Waals surface area contributed by atoms with Crippen LogP contribution in [0.1, 0.15) is 28.1 Å². The molecule has 0 bridgehead atoms. The van der Waals surface area contributed by atoms with Gasteiger partial charge in [0.15, 0.2) is 5.43 Å². The van der Waals surface area contributed by atoms with Gasteiger partial charge in [-0.1, -0.05) is 42.5 Å². The standard InChI is InChI=1S/C30H28N4O2/c1-19-10-9-11-20(2)29(19)34-21(3)16-23(22(34)4)17-31-32-28(35)18-33-26-14-7-5-12-24(26)30(36)25-13-6-8-15-27(25)33/h5-17H,18H2,1-4H3,(H,32,35)/b31-17+. The van der Waals surface area contributed by atoms with Gasteiger partial charge in [0.1, 0.15) is 6.54 Å². The number of aryl methyl sites for hydroxylation is 3. The lowest BCUT2D eigenvalue weighted by molar-refractivity contribution is -0.121. The van der Waals surface area contributed by atoms with Crippen LogP contribution in [-0.2, 0) is 11.3 Å². The summed E-state index contributed by atoms with van der Waals surface area (Å²) in [7, 11) is 0. The number of para-hydroxylation sites is 3. The van der Waals surface area contributed by atoms with E-state index < -0.39 is 0 Å². The van der Waals surface area contributed by atoms with Gasteiger partial charge in [-0.15, -0.1) is 0 Å². The molecule has 0 saturated heterocycles. The molecule has 1 N–H and O–H groups in total. The molecule has 5 rings (SSSR count). The second kappa shape index (κ2) is 9.30. The first-order chi connectivity index (χ1) is 17.4. The van der Waals surface area contributed by atoms with Crippen molar-refractivity contribution in [1.82, 2.24) is 14.6 Å². The van der Waals surface area contributed by atoms with Crippen LogP contribution in [0.4, 0.5) is 0 Å². The predicted molar refractivity (Wildman–Crippen MR) is 146 cm³/mol. The van der Waals surface area contributed by atoms with E-state index in [0.29, 0.717) is 10.8 Å². The maximum absolute atomic E-state index is 12.9. The number of hydrogen-bond acceptors (Lipinski definition) is 3. The van der Waals surface area contributed by atoms with Gasteiger partial charge in [0.2, 0.25) is 0 Å². The molecule has 6 nitrogen and oxygen atoms in total. The molecule has 1 amide bonds. The van der Waals surface area contributed by atoms with Gasteiger partial charge in [0, 0.05) is 27.7 Å². The molecule has 0 saturated carbocycles. The Hall–Kier alpha value is -4.45. The number of amides is 1. The third-order valence-corrected chi connectivity index (χ3v) is 6.71. The highest BCUT2D eigenvalue weighted by molar-refractivity contribution is 5.95. The summed E-state index contributed by atoms with van der Waals surface area (Å²) >= 11 is 0. The summed E-state index contributed by atoms with van der Waals surface area (Å²) in [6.45, 7) is 8.39. The number of rotatable bonds is 5. The molecule has 180 valence electrons. The number of hydrazone groups is 1. The molecule has 2 aromatic heterocycles. The number of hydrogen-bond donors (Lipinski definition) is 1. The van der Waals surface area contributed by atoms with Crippen molar-refractivity contribution in [2.24, 2.45) is 5.10 Å². The monoisotopic (exact) mass is 476 g/mol. The highest BCUT2D eigenvalue weighted by Crippen LogP contribution is 2.25. The van der Waals surface area contributed by atoms with Crippen molar-refractivity contribution in [2.45, 2.75) is 34.2 Å². The van der Waals surface area contributed by atoms with Gasteiger partial charge in [-0.05, 0) is 69.2 Å². The molecule has 2 heterocycles. The van der Waals surface area contributed by atoms with Crippen molar-refractivity contribution < 1.29 is 4.79 Å². The summed E-state index contributed by atoms with van der Waals surface area (Å²) in [5.41, 5.74) is 10.7. The highest BCUT2D eigenvalue weighted by Gasteiger charge is 2.14. The van der Waals surface area contributed by atoms with Crippen LogP contribution in [0, 0.1) is 27.7 Å². The summed E-state index contributed by atoms with van der Waals surface area (Å²) in [5.74, 6) is -0.270. The molecule has 0 atom stereocenters. The summed E-state index contributed by atoms with van der Waals surface area (Å²) in [6, 6.07) is 23.1. The minimum atomic E-state index is -0.270. The maximum Gasteiger partial charge on any atom is 0.260 e. The van der Waals surface area contributed by atoms with Gasteiger partial charge in [-0.2, -0.15) is 5.10 Å². The molecular formula is C30H28N4O2. The normalized spacial score (nSPS) is 11.6. The fourth-order valence-electron chi connectivity index (χ4n) is 5.02. The third-order valence-electron chi connectivity index (χ3n) is 6.71. The van der Waals surface area contributed by atoms with E-state index in [2.05, 4.69) is 67.1 Å². The third kappa shape index (κ3) is 4.01. The summed E-state index contributed by atoms with van der Waals surface area (Å²) in [6.07, 6.45) is 1.69. The topological polar surface area (TPSA) is 68.4 Å². The number of benzene rings is 3. The lowest BCUT2D eigenvalue weighted by Gasteiger charge is -2.15. The molecule has 0 unspecified atom stereocenters. The fraction of sp³-hybridized carbons (Fsp3) is 0.167. The Labute approximate surface area is 209 Å². The number of fused-ring (bicyclic) bond motifs is 2. The molecule has 0 spiro atoms. The Morgan fingerprint density at radius 2 is 1.44 bits per heavy atom. The Kier molecular flexibility index (Phi) is 6.02. The van der Waals surface area contributed by atoms with Crippen molar-refractivity contribution in [3.05, 3.63) is 111 Å². The van der Waals surface area contributed by atoms with E-state index in [1.165, 1.54) is 16.8 Å². The van der Waals surface area contributed by atoms with E-state index in [-0.39, 0.29) is 17.9 Å². The van der Waals surface area contributed by atoms with Crippen molar-refractivity contribution >= 4 is 33.9 Å². The van der Waals surface area contributed by atoms with Crippen LogP contribution >= 0.6 is 0 Å². The average molecular weight is 477 g/mol. The molecule has 0 aliphatic heterocycles. The average Bonchev–Trinajstić information content (AvgIpc) is 3.14. The van der Waals surface area contributed by atoms with Crippen LogP contribution < -0.4 is 10.9 Å². The highest BCUT2D eigenvalue weighted by atomic mass is 16.2. The van der Waals surface area contributed by atoms with E-state index in [0.717, 1.165) is 28.0 Å². The Morgan fingerprint density at radius 1 is 0.861 bits per heavy atom. The minimum Gasteiger partial charge on any atom is -0.331 e. The van der Waals surface area contributed by atoms with Crippen LogP contribution in [0.2, 0.25) is 0 Å². The van der Waals surface area contributed by atoms with Gasteiger partial charge in [-0.25, -0.2) is 5.43 Å². The largest absolute Gasteiger partial charge is 0.331 e. The number of carbonyl (C=O) groups excluding carboxylic acids is 1. The van der Waals surface area contributed by atoms with Crippen LogP contribution in [0.3, 0.4) is 0 Å². The number of nitrogens with zero attached hydrogens (tertiary/aromatic N) is 3. The predicted octanol–water partition coefficient (Wildman–Crippen LogP) is 5.33. The summed E-state index contributed by atoms with van der Waals surface area (Å²) < 4.78 is 4.09. The zero-order chi connectivity index (χ0) is 25.4. The zero-order valence-corrected chi connectivity index (χ0v) is 20.9. The lowest BCUT2D eigenvalue weighted by atomic mass is 10.1. The molecule has 6 heteroatoms. The first-order valence-electron chi connectivity index (χ1n) is 11.9. The molecule has 0 radical (unpaired) electrons. The number of carbonyl (C=O) groups is 1. The van der Waals surface area contributed by atoms with Crippen molar-refractivity contribution in [1.29, 1.82) is 0 Å². The second-order valence-electron chi connectivity index (χ2n) is 9.15. The molecular weight excluding hydrogens is 448 g/mol. The van der Waals surface area contributed by atoms with Gasteiger partial charge < -0.3 is 9.13 Å². The lowest BCUT2D eigenvalue weighted by Crippen LogP contribution is -2.25. The Balaban J connectivity index is 1.42. The van der Waals surface area contributed by atoms with E-state index in [1.54, 1.807) is 18.3 Å². The summed E-state index contributed by atoms with van der Waals surface area (Å²) in [4.78, 5) is 25.8. The SMILES string of the molecule is Cc1cccc(C)c1-n1c(C)cc(/C=N/NC(=O)Cn2c3ccccc3c(=O)c3ccccc32)c1C. The smallest absolute Gasteiger partial charge is 0.260 e. The first kappa shape index (κ1) is 23.3. The fourth-order valence-corrected chi connectivity index (χ4v) is 5.02. The number of aromatic nitrogens is 2. The molecule has 3 aromatic carbocycles. The second-order valence-corrected chi connectivity index (χ2v) is 9.15. The van der Waals surface area contributed by atoms with Crippen LogP contribution in [0.5, 0.6) is 0 Å². The van der Waals surface area contributed by atoms with E-state index in [4.69, 9.17) is 0 Å². The molecule has 36 heavy (non-hydrogen) atoms. The molecule has 0 aliphatic carbocycles. The molecule has 0 aliphatic rings.